The van der Waals surface area contributed by atoms with Crippen molar-refractivity contribution in [3.8, 4) is 0 Å². The summed E-state index contributed by atoms with van der Waals surface area (Å²) in [6.45, 7) is 6.28. The zero-order valence-electron chi connectivity index (χ0n) is 12.0. The fourth-order valence-electron chi connectivity index (χ4n) is 2.81. The van der Waals surface area contributed by atoms with Crippen LogP contribution < -0.4 is 5.32 Å². The minimum atomic E-state index is 0.847. The molecule has 1 saturated heterocycles. The third-order valence-electron chi connectivity index (χ3n) is 4.06. The Morgan fingerprint density at radius 3 is 2.41 bits per heavy atom. The number of nitrogens with one attached hydrogen (secondary N) is 1. The molecule has 0 spiro atoms. The van der Waals surface area contributed by atoms with Crippen LogP contribution >= 0.6 is 0 Å². The van der Waals surface area contributed by atoms with Gasteiger partial charge < -0.3 is 10.2 Å². The van der Waals surface area contributed by atoms with Crippen LogP contribution in [-0.2, 0) is 0 Å². The van der Waals surface area contributed by atoms with Crippen molar-refractivity contribution in [1.82, 2.24) is 10.2 Å². The topological polar surface area (TPSA) is 15.3 Å². The molecule has 0 saturated carbocycles. The Kier molecular flexibility index (Phi) is 8.72. The van der Waals surface area contributed by atoms with Gasteiger partial charge in [0.15, 0.2) is 0 Å². The van der Waals surface area contributed by atoms with E-state index in [4.69, 9.17) is 0 Å². The van der Waals surface area contributed by atoms with Gasteiger partial charge in [0.1, 0.15) is 0 Å². The van der Waals surface area contributed by atoms with Gasteiger partial charge in [-0.2, -0.15) is 0 Å². The quantitative estimate of drug-likeness (QED) is 0.621. The van der Waals surface area contributed by atoms with E-state index in [0.29, 0.717) is 0 Å². The second-order valence-electron chi connectivity index (χ2n) is 5.61. The summed E-state index contributed by atoms with van der Waals surface area (Å²) in [5, 5.41) is 3.21. The highest BCUT2D eigenvalue weighted by atomic mass is 15.1. The van der Waals surface area contributed by atoms with Gasteiger partial charge in [0.05, 0.1) is 0 Å². The molecule has 17 heavy (non-hydrogen) atoms. The molecule has 1 aliphatic rings. The van der Waals surface area contributed by atoms with Crippen LogP contribution in [0.25, 0.3) is 0 Å². The van der Waals surface area contributed by atoms with Crippen LogP contribution in [0.4, 0.5) is 0 Å². The predicted octanol–water partition coefficient (Wildman–Crippen LogP) is 3.42. The molecule has 0 amide bonds. The number of likely N-dealkylation sites (tertiary alicyclic amines) is 1. The summed E-state index contributed by atoms with van der Waals surface area (Å²) in [7, 11) is 2.04. The van der Waals surface area contributed by atoms with Crippen LogP contribution in [0.15, 0.2) is 0 Å². The van der Waals surface area contributed by atoms with Crippen LogP contribution in [0.2, 0.25) is 0 Å². The molecule has 1 atom stereocenters. The number of unbranched alkanes of at least 4 members (excludes halogenated alkanes) is 5. The molecule has 1 aliphatic heterocycles. The molecule has 102 valence electrons. The average molecular weight is 240 g/mol. The van der Waals surface area contributed by atoms with Crippen molar-refractivity contribution >= 4 is 0 Å². The molecule has 0 aromatic carbocycles. The first-order valence-electron chi connectivity index (χ1n) is 7.73. The van der Waals surface area contributed by atoms with Crippen molar-refractivity contribution in [2.45, 2.75) is 70.8 Å². The summed E-state index contributed by atoms with van der Waals surface area (Å²) in [4.78, 5) is 2.70. The van der Waals surface area contributed by atoms with Crippen LogP contribution in [0.5, 0.6) is 0 Å². The molecule has 0 aromatic heterocycles. The second-order valence-corrected chi connectivity index (χ2v) is 5.61. The van der Waals surface area contributed by atoms with E-state index in [0.717, 1.165) is 6.04 Å². The lowest BCUT2D eigenvalue weighted by atomic mass is 10.0. The summed E-state index contributed by atoms with van der Waals surface area (Å²) in [5.74, 6) is 0. The molecule has 0 aliphatic carbocycles. The lowest BCUT2D eigenvalue weighted by molar-refractivity contribution is 0.157. The lowest BCUT2D eigenvalue weighted by Gasteiger charge is -2.33. The summed E-state index contributed by atoms with van der Waals surface area (Å²) in [6.07, 6.45) is 12.8. The number of nitrogens with zero attached hydrogens (tertiary/aromatic N) is 1. The van der Waals surface area contributed by atoms with Crippen molar-refractivity contribution in [2.24, 2.45) is 0 Å². The fraction of sp³-hybridized carbons (Fsp3) is 1.00. The van der Waals surface area contributed by atoms with Crippen LogP contribution in [-0.4, -0.2) is 37.6 Å². The van der Waals surface area contributed by atoms with Gasteiger partial charge in [-0.05, 0) is 59.3 Å². The highest BCUT2D eigenvalue weighted by Gasteiger charge is 2.16. The van der Waals surface area contributed by atoms with Gasteiger partial charge in [-0.15, -0.1) is 0 Å². The molecule has 1 heterocycles. The summed E-state index contributed by atoms with van der Waals surface area (Å²) in [5.41, 5.74) is 0. The summed E-state index contributed by atoms with van der Waals surface area (Å²) in [6, 6.07) is 0.847. The molecular formula is C15H32N2. The molecule has 1 N–H and O–H groups in total. The van der Waals surface area contributed by atoms with Gasteiger partial charge >= 0.3 is 0 Å². The van der Waals surface area contributed by atoms with E-state index in [1.807, 2.05) is 7.05 Å². The first kappa shape index (κ1) is 15.0. The van der Waals surface area contributed by atoms with Crippen molar-refractivity contribution in [3.05, 3.63) is 0 Å². The molecule has 2 nitrogen and oxygen atoms in total. The van der Waals surface area contributed by atoms with E-state index in [-0.39, 0.29) is 0 Å². The summed E-state index contributed by atoms with van der Waals surface area (Å²) < 4.78 is 0. The Labute approximate surface area is 108 Å². The lowest BCUT2D eigenvalue weighted by Crippen LogP contribution is -2.37. The molecule has 0 radical (unpaired) electrons. The maximum Gasteiger partial charge on any atom is 0.00669 e. The first-order valence-corrected chi connectivity index (χ1v) is 7.73. The Balaban J connectivity index is 1.86. The van der Waals surface area contributed by atoms with Gasteiger partial charge in [0.25, 0.3) is 0 Å². The molecule has 2 heteroatoms. The third-order valence-corrected chi connectivity index (χ3v) is 4.06. The Morgan fingerprint density at radius 1 is 1.00 bits per heavy atom. The van der Waals surface area contributed by atoms with E-state index < -0.39 is 0 Å². The van der Waals surface area contributed by atoms with E-state index in [2.05, 4.69) is 17.1 Å². The monoisotopic (exact) mass is 240 g/mol. The Hall–Kier alpha value is -0.0800. The highest BCUT2D eigenvalue weighted by molar-refractivity contribution is 4.72. The molecule has 0 bridgehead atoms. The Morgan fingerprint density at radius 2 is 1.71 bits per heavy atom. The van der Waals surface area contributed by atoms with Gasteiger partial charge in [-0.1, -0.05) is 32.1 Å². The normalized spacial score (nSPS) is 21.9. The first-order chi connectivity index (χ1) is 8.34. The average Bonchev–Trinajstić information content (AvgIpc) is 2.35. The fourth-order valence-corrected chi connectivity index (χ4v) is 2.81. The largest absolute Gasteiger partial charge is 0.320 e. The van der Waals surface area contributed by atoms with Crippen molar-refractivity contribution < 1.29 is 0 Å². The molecule has 1 rings (SSSR count). The zero-order chi connectivity index (χ0) is 12.3. The SMILES string of the molecule is CNCCCCCCCCN1CCCCC1C. The van der Waals surface area contributed by atoms with Crippen molar-refractivity contribution in [1.29, 1.82) is 0 Å². The smallest absolute Gasteiger partial charge is 0.00669 e. The van der Waals surface area contributed by atoms with Gasteiger partial charge in [-0.3, -0.25) is 0 Å². The van der Waals surface area contributed by atoms with Crippen LogP contribution in [0, 0.1) is 0 Å². The maximum atomic E-state index is 3.21. The van der Waals surface area contributed by atoms with Crippen LogP contribution in [0.1, 0.15) is 64.7 Å². The van der Waals surface area contributed by atoms with Gasteiger partial charge in [-0.25, -0.2) is 0 Å². The van der Waals surface area contributed by atoms with E-state index in [1.54, 1.807) is 0 Å². The van der Waals surface area contributed by atoms with Gasteiger partial charge in [0.2, 0.25) is 0 Å². The number of hydrogen-bond donors (Lipinski definition) is 1. The number of rotatable bonds is 9. The second kappa shape index (κ2) is 9.90. The molecule has 1 fully saturated rings. The number of piperidine rings is 1. The standard InChI is InChI=1S/C15H32N2/c1-15-11-7-10-14-17(15)13-9-6-4-3-5-8-12-16-2/h15-16H,3-14H2,1-2H3. The highest BCUT2D eigenvalue weighted by Crippen LogP contribution is 2.17. The van der Waals surface area contributed by atoms with Gasteiger partial charge in [0, 0.05) is 6.04 Å². The maximum absolute atomic E-state index is 3.21. The van der Waals surface area contributed by atoms with Crippen molar-refractivity contribution in [2.75, 3.05) is 26.7 Å². The minimum Gasteiger partial charge on any atom is -0.320 e. The molecule has 1 unspecified atom stereocenters. The van der Waals surface area contributed by atoms with Crippen LogP contribution in [0.3, 0.4) is 0 Å². The van der Waals surface area contributed by atoms with E-state index >= 15 is 0 Å². The van der Waals surface area contributed by atoms with Crippen molar-refractivity contribution in [3.63, 3.8) is 0 Å². The summed E-state index contributed by atoms with van der Waals surface area (Å²) >= 11 is 0. The minimum absolute atomic E-state index is 0.847. The van der Waals surface area contributed by atoms with E-state index in [9.17, 15) is 0 Å². The number of hydrogen-bond acceptors (Lipinski definition) is 2. The molecule has 0 aromatic rings. The van der Waals surface area contributed by atoms with E-state index in [1.165, 1.54) is 77.4 Å². The molecular weight excluding hydrogens is 208 g/mol. The predicted molar refractivity (Wildman–Crippen MR) is 76.5 cm³/mol. The zero-order valence-corrected chi connectivity index (χ0v) is 12.0. The Bertz CT molecular complexity index is 170. The third kappa shape index (κ3) is 7.05.